The van der Waals surface area contributed by atoms with Crippen LogP contribution in [0.15, 0.2) is 35.0 Å². The monoisotopic (exact) mass is 297 g/mol. The first-order chi connectivity index (χ1) is 10.3. The summed E-state index contributed by atoms with van der Waals surface area (Å²) in [7, 11) is 1.92. The SMILES string of the molecule is CNCc1ccc(N(Cc2ccsc2)C2CC2)c(C#N)c1. The minimum absolute atomic E-state index is 0.590. The van der Waals surface area contributed by atoms with E-state index in [1.807, 2.05) is 13.1 Å². The number of thiophene rings is 1. The Balaban J connectivity index is 1.90. The minimum atomic E-state index is 0.590. The molecule has 4 heteroatoms. The van der Waals surface area contributed by atoms with E-state index in [-0.39, 0.29) is 0 Å². The van der Waals surface area contributed by atoms with Crippen molar-refractivity contribution in [2.45, 2.75) is 32.0 Å². The van der Waals surface area contributed by atoms with Crippen LogP contribution >= 0.6 is 11.3 Å². The molecule has 0 saturated heterocycles. The molecule has 2 aromatic rings. The van der Waals surface area contributed by atoms with Gasteiger partial charge in [0.05, 0.1) is 11.3 Å². The van der Waals surface area contributed by atoms with Crippen LogP contribution in [0, 0.1) is 11.3 Å². The molecule has 0 aliphatic heterocycles. The standard InChI is InChI=1S/C17H19N3S/c1-19-10-13-2-5-17(15(8-13)9-18)20(16-3-4-16)11-14-6-7-21-12-14/h2,5-8,12,16,19H,3-4,10-11H2,1H3. The predicted molar refractivity (Wildman–Crippen MR) is 87.4 cm³/mol. The molecular weight excluding hydrogens is 278 g/mol. The van der Waals surface area contributed by atoms with Gasteiger partial charge in [-0.1, -0.05) is 6.07 Å². The van der Waals surface area contributed by atoms with Gasteiger partial charge < -0.3 is 10.2 Å². The molecule has 0 atom stereocenters. The second-order valence-electron chi connectivity index (χ2n) is 5.48. The van der Waals surface area contributed by atoms with Crippen LogP contribution in [-0.4, -0.2) is 13.1 Å². The van der Waals surface area contributed by atoms with Crippen molar-refractivity contribution in [2.75, 3.05) is 11.9 Å². The van der Waals surface area contributed by atoms with Crippen molar-refractivity contribution in [2.24, 2.45) is 0 Å². The highest BCUT2D eigenvalue weighted by Gasteiger charge is 2.30. The number of nitrogens with zero attached hydrogens (tertiary/aromatic N) is 2. The molecule has 1 aromatic carbocycles. The summed E-state index contributed by atoms with van der Waals surface area (Å²) < 4.78 is 0. The fourth-order valence-corrected chi connectivity index (χ4v) is 3.27. The van der Waals surface area contributed by atoms with Gasteiger partial charge in [0.15, 0.2) is 0 Å². The summed E-state index contributed by atoms with van der Waals surface area (Å²) in [5.74, 6) is 0. The van der Waals surface area contributed by atoms with Crippen LogP contribution < -0.4 is 10.2 Å². The summed E-state index contributed by atoms with van der Waals surface area (Å²) in [6.45, 7) is 1.69. The van der Waals surface area contributed by atoms with E-state index in [1.54, 1.807) is 11.3 Å². The van der Waals surface area contributed by atoms with Gasteiger partial charge in [-0.3, -0.25) is 0 Å². The van der Waals surface area contributed by atoms with E-state index < -0.39 is 0 Å². The van der Waals surface area contributed by atoms with Crippen LogP contribution in [0.1, 0.15) is 29.5 Å². The van der Waals surface area contributed by atoms with Gasteiger partial charge in [-0.25, -0.2) is 0 Å². The molecule has 1 aliphatic rings. The highest BCUT2D eigenvalue weighted by molar-refractivity contribution is 7.07. The number of hydrogen-bond acceptors (Lipinski definition) is 4. The third-order valence-corrected chi connectivity index (χ3v) is 4.52. The van der Waals surface area contributed by atoms with Crippen LogP contribution in [0.2, 0.25) is 0 Å². The Morgan fingerprint density at radius 1 is 1.33 bits per heavy atom. The Morgan fingerprint density at radius 2 is 2.19 bits per heavy atom. The smallest absolute Gasteiger partial charge is 0.101 e. The van der Waals surface area contributed by atoms with E-state index in [4.69, 9.17) is 0 Å². The number of anilines is 1. The maximum absolute atomic E-state index is 9.49. The van der Waals surface area contributed by atoms with Crippen molar-refractivity contribution in [1.82, 2.24) is 5.32 Å². The summed E-state index contributed by atoms with van der Waals surface area (Å²) >= 11 is 1.73. The first-order valence-corrected chi connectivity index (χ1v) is 8.21. The van der Waals surface area contributed by atoms with Crippen molar-refractivity contribution in [1.29, 1.82) is 5.26 Å². The lowest BCUT2D eigenvalue weighted by atomic mass is 10.1. The van der Waals surface area contributed by atoms with Gasteiger partial charge in [-0.15, -0.1) is 0 Å². The molecule has 3 rings (SSSR count). The summed E-state index contributed by atoms with van der Waals surface area (Å²) in [5.41, 5.74) is 4.34. The van der Waals surface area contributed by atoms with Crippen LogP contribution in [0.4, 0.5) is 5.69 Å². The number of benzene rings is 1. The number of rotatable bonds is 6. The second kappa shape index (κ2) is 6.30. The zero-order valence-electron chi connectivity index (χ0n) is 12.2. The second-order valence-corrected chi connectivity index (χ2v) is 6.26. The molecule has 1 N–H and O–H groups in total. The van der Waals surface area contributed by atoms with Crippen molar-refractivity contribution < 1.29 is 0 Å². The van der Waals surface area contributed by atoms with Gasteiger partial charge in [-0.05, 0) is 60.0 Å². The summed E-state index contributed by atoms with van der Waals surface area (Å²) in [6.07, 6.45) is 2.46. The molecule has 1 aromatic heterocycles. The highest BCUT2D eigenvalue weighted by atomic mass is 32.1. The number of hydrogen-bond donors (Lipinski definition) is 1. The average molecular weight is 297 g/mol. The molecule has 108 valence electrons. The van der Waals surface area contributed by atoms with Crippen molar-refractivity contribution in [3.8, 4) is 6.07 Å². The van der Waals surface area contributed by atoms with Crippen molar-refractivity contribution in [3.63, 3.8) is 0 Å². The predicted octanol–water partition coefficient (Wildman–Crippen LogP) is 3.51. The zero-order valence-corrected chi connectivity index (χ0v) is 13.0. The highest BCUT2D eigenvalue weighted by Crippen LogP contribution is 2.35. The molecule has 1 aliphatic carbocycles. The van der Waals surface area contributed by atoms with Gasteiger partial charge in [0.25, 0.3) is 0 Å². The molecule has 0 radical (unpaired) electrons. The fraction of sp³-hybridized carbons (Fsp3) is 0.353. The molecule has 0 unspecified atom stereocenters. The Hall–Kier alpha value is -1.83. The van der Waals surface area contributed by atoms with Crippen LogP contribution in [0.3, 0.4) is 0 Å². The van der Waals surface area contributed by atoms with Crippen LogP contribution in [0.25, 0.3) is 0 Å². The molecule has 3 nitrogen and oxygen atoms in total. The maximum atomic E-state index is 9.49. The van der Waals surface area contributed by atoms with E-state index in [0.717, 1.165) is 29.9 Å². The lowest BCUT2D eigenvalue weighted by Crippen LogP contribution is -2.25. The van der Waals surface area contributed by atoms with Crippen LogP contribution in [-0.2, 0) is 13.1 Å². The maximum Gasteiger partial charge on any atom is 0.101 e. The van der Waals surface area contributed by atoms with Gasteiger partial charge in [-0.2, -0.15) is 16.6 Å². The summed E-state index contributed by atoms with van der Waals surface area (Å²) in [6, 6.07) is 11.4. The first kappa shape index (κ1) is 14.1. The summed E-state index contributed by atoms with van der Waals surface area (Å²) in [4.78, 5) is 2.39. The third kappa shape index (κ3) is 3.26. The molecule has 1 saturated carbocycles. The molecule has 0 bridgehead atoms. The molecule has 0 amide bonds. The Bertz CT molecular complexity index is 639. The molecule has 1 heterocycles. The lowest BCUT2D eigenvalue weighted by Gasteiger charge is -2.25. The van der Waals surface area contributed by atoms with Crippen LogP contribution in [0.5, 0.6) is 0 Å². The lowest BCUT2D eigenvalue weighted by molar-refractivity contribution is 0.790. The first-order valence-electron chi connectivity index (χ1n) is 7.27. The van der Waals surface area contributed by atoms with Crippen molar-refractivity contribution in [3.05, 3.63) is 51.7 Å². The zero-order chi connectivity index (χ0) is 14.7. The molecule has 21 heavy (non-hydrogen) atoms. The Morgan fingerprint density at radius 3 is 2.81 bits per heavy atom. The van der Waals surface area contributed by atoms with Gasteiger partial charge in [0.1, 0.15) is 6.07 Å². The van der Waals surface area contributed by atoms with E-state index in [0.29, 0.717) is 6.04 Å². The Kier molecular flexibility index (Phi) is 4.23. The van der Waals surface area contributed by atoms with Gasteiger partial charge in [0, 0.05) is 19.1 Å². The summed E-state index contributed by atoms with van der Waals surface area (Å²) in [5, 5.41) is 16.9. The van der Waals surface area contributed by atoms with E-state index in [2.05, 4.69) is 45.2 Å². The quantitative estimate of drug-likeness (QED) is 0.887. The van der Waals surface area contributed by atoms with Crippen molar-refractivity contribution >= 4 is 17.0 Å². The van der Waals surface area contributed by atoms with E-state index in [9.17, 15) is 5.26 Å². The Labute approximate surface area is 129 Å². The fourth-order valence-electron chi connectivity index (χ4n) is 2.61. The largest absolute Gasteiger partial charge is 0.363 e. The molecular formula is C17H19N3S. The third-order valence-electron chi connectivity index (χ3n) is 3.79. The van der Waals surface area contributed by atoms with Gasteiger partial charge in [0.2, 0.25) is 0 Å². The number of nitrogens with one attached hydrogen (secondary N) is 1. The molecule has 1 fully saturated rings. The topological polar surface area (TPSA) is 39.1 Å². The van der Waals surface area contributed by atoms with E-state index in [1.165, 1.54) is 18.4 Å². The average Bonchev–Trinajstić information content (AvgIpc) is 3.22. The minimum Gasteiger partial charge on any atom is -0.363 e. The molecule has 0 spiro atoms. The normalized spacial score (nSPS) is 13.9. The number of nitriles is 1. The van der Waals surface area contributed by atoms with Gasteiger partial charge >= 0.3 is 0 Å². The van der Waals surface area contributed by atoms with E-state index >= 15 is 0 Å².